The van der Waals surface area contributed by atoms with E-state index < -0.39 is 0 Å². The fourth-order valence-electron chi connectivity index (χ4n) is 2.72. The summed E-state index contributed by atoms with van der Waals surface area (Å²) in [5.74, 6) is -0.156. The first kappa shape index (κ1) is 15.4. The largest absolute Gasteiger partial charge is 0.374 e. The lowest BCUT2D eigenvalue weighted by molar-refractivity contribution is -0.141. The van der Waals surface area contributed by atoms with Gasteiger partial charge in [0.1, 0.15) is 0 Å². The van der Waals surface area contributed by atoms with Crippen LogP contribution < -0.4 is 5.32 Å². The van der Waals surface area contributed by atoms with E-state index in [2.05, 4.69) is 17.3 Å². The molecule has 2 aliphatic heterocycles. The summed E-state index contributed by atoms with van der Waals surface area (Å²) in [6, 6.07) is -0.397. The van der Waals surface area contributed by atoms with Crippen molar-refractivity contribution < 1.29 is 14.3 Å². The van der Waals surface area contributed by atoms with Gasteiger partial charge in [0.25, 0.3) is 0 Å². The van der Waals surface area contributed by atoms with Crippen LogP contribution in [0.15, 0.2) is 0 Å². The van der Waals surface area contributed by atoms with Crippen LogP contribution in [0.25, 0.3) is 0 Å². The average molecular weight is 283 g/mol. The third kappa shape index (κ3) is 3.37. The van der Waals surface area contributed by atoms with Gasteiger partial charge in [0.15, 0.2) is 0 Å². The van der Waals surface area contributed by atoms with E-state index in [1.165, 1.54) is 4.90 Å². The number of ether oxygens (including phenoxy) is 1. The van der Waals surface area contributed by atoms with Gasteiger partial charge in [-0.3, -0.25) is 14.5 Å². The molecule has 2 saturated heterocycles. The summed E-state index contributed by atoms with van der Waals surface area (Å²) in [4.78, 5) is 27.8. The van der Waals surface area contributed by atoms with Crippen molar-refractivity contribution in [3.05, 3.63) is 0 Å². The molecule has 3 unspecified atom stereocenters. The number of nitrogens with one attached hydrogen (secondary N) is 1. The van der Waals surface area contributed by atoms with E-state index in [4.69, 9.17) is 4.74 Å². The molecule has 114 valence electrons. The van der Waals surface area contributed by atoms with Crippen molar-refractivity contribution in [2.45, 2.75) is 44.9 Å². The van der Waals surface area contributed by atoms with Crippen LogP contribution >= 0.6 is 0 Å². The standard InChI is InChI=1S/C14H25N3O3/c1-4-10(2)17-13(18)7-12(14(17)19)15-8-11-9-16(3)5-6-20-11/h10-12,15H,4-9H2,1-3H3. The summed E-state index contributed by atoms with van der Waals surface area (Å²) in [7, 11) is 2.06. The predicted octanol–water partition coefficient (Wildman–Crippen LogP) is -0.167. The number of carbonyl (C=O) groups excluding carboxylic acids is 2. The number of hydrogen-bond acceptors (Lipinski definition) is 5. The number of rotatable bonds is 5. The number of morpholine rings is 1. The van der Waals surface area contributed by atoms with Crippen LogP contribution in [0.4, 0.5) is 0 Å². The molecule has 0 aromatic heterocycles. The molecule has 6 nitrogen and oxygen atoms in total. The highest BCUT2D eigenvalue weighted by atomic mass is 16.5. The van der Waals surface area contributed by atoms with Gasteiger partial charge in [-0.1, -0.05) is 6.92 Å². The molecule has 0 aromatic carbocycles. The summed E-state index contributed by atoms with van der Waals surface area (Å²) in [5, 5.41) is 3.20. The number of amides is 2. The molecular formula is C14H25N3O3. The molecule has 0 aliphatic carbocycles. The van der Waals surface area contributed by atoms with Gasteiger partial charge in [0, 0.05) is 25.7 Å². The van der Waals surface area contributed by atoms with Gasteiger partial charge >= 0.3 is 0 Å². The average Bonchev–Trinajstić information content (AvgIpc) is 2.70. The Balaban J connectivity index is 1.85. The van der Waals surface area contributed by atoms with Crippen molar-refractivity contribution in [1.29, 1.82) is 0 Å². The van der Waals surface area contributed by atoms with E-state index in [-0.39, 0.29) is 36.4 Å². The Kier molecular flexibility index (Phi) is 5.12. The first-order valence-corrected chi connectivity index (χ1v) is 7.42. The molecule has 3 atom stereocenters. The Hall–Kier alpha value is -0.980. The Bertz CT molecular complexity index is 375. The molecule has 2 aliphatic rings. The highest BCUT2D eigenvalue weighted by Gasteiger charge is 2.40. The molecule has 2 rings (SSSR count). The molecule has 0 saturated carbocycles. The fourth-order valence-corrected chi connectivity index (χ4v) is 2.72. The number of imide groups is 1. The first-order chi connectivity index (χ1) is 9.52. The van der Waals surface area contributed by atoms with E-state index in [0.29, 0.717) is 6.54 Å². The summed E-state index contributed by atoms with van der Waals surface area (Å²) >= 11 is 0. The van der Waals surface area contributed by atoms with Crippen molar-refractivity contribution in [3.8, 4) is 0 Å². The summed E-state index contributed by atoms with van der Waals surface area (Å²) in [6.45, 7) is 7.03. The third-order valence-electron chi connectivity index (χ3n) is 4.15. The highest BCUT2D eigenvalue weighted by Crippen LogP contribution is 2.18. The Morgan fingerprint density at radius 3 is 2.85 bits per heavy atom. The highest BCUT2D eigenvalue weighted by molar-refractivity contribution is 6.05. The first-order valence-electron chi connectivity index (χ1n) is 7.42. The van der Waals surface area contributed by atoms with Crippen LogP contribution in [0.2, 0.25) is 0 Å². The van der Waals surface area contributed by atoms with Gasteiger partial charge < -0.3 is 15.0 Å². The molecule has 0 radical (unpaired) electrons. The topological polar surface area (TPSA) is 61.9 Å². The lowest BCUT2D eigenvalue weighted by Crippen LogP contribution is -2.49. The van der Waals surface area contributed by atoms with Crippen LogP contribution in [0.5, 0.6) is 0 Å². The maximum Gasteiger partial charge on any atom is 0.247 e. The van der Waals surface area contributed by atoms with Gasteiger partial charge in [-0.15, -0.1) is 0 Å². The van der Waals surface area contributed by atoms with Crippen LogP contribution in [0.3, 0.4) is 0 Å². The SMILES string of the molecule is CCC(C)N1C(=O)CC(NCC2CN(C)CCO2)C1=O. The maximum absolute atomic E-state index is 12.2. The van der Waals surface area contributed by atoms with Crippen LogP contribution in [0, 0.1) is 0 Å². The van der Waals surface area contributed by atoms with Gasteiger partial charge in [-0.25, -0.2) is 0 Å². The third-order valence-corrected chi connectivity index (χ3v) is 4.15. The number of hydrogen-bond donors (Lipinski definition) is 1. The molecule has 1 N–H and O–H groups in total. The fraction of sp³-hybridized carbons (Fsp3) is 0.857. The predicted molar refractivity (Wildman–Crippen MR) is 75.3 cm³/mol. The van der Waals surface area contributed by atoms with Crippen LogP contribution in [-0.4, -0.2) is 73.1 Å². The monoisotopic (exact) mass is 283 g/mol. The zero-order valence-electron chi connectivity index (χ0n) is 12.6. The Morgan fingerprint density at radius 1 is 1.45 bits per heavy atom. The zero-order chi connectivity index (χ0) is 14.7. The second kappa shape index (κ2) is 6.65. The molecule has 6 heteroatoms. The summed E-state index contributed by atoms with van der Waals surface area (Å²) < 4.78 is 5.65. The lowest BCUT2D eigenvalue weighted by Gasteiger charge is -2.30. The second-order valence-corrected chi connectivity index (χ2v) is 5.78. The smallest absolute Gasteiger partial charge is 0.247 e. The van der Waals surface area contributed by atoms with Gasteiger partial charge in [0.2, 0.25) is 11.8 Å². The Labute approximate surface area is 120 Å². The molecule has 0 bridgehead atoms. The quantitative estimate of drug-likeness (QED) is 0.710. The number of carbonyl (C=O) groups is 2. The van der Waals surface area contributed by atoms with E-state index in [1.54, 1.807) is 0 Å². The van der Waals surface area contributed by atoms with Crippen LogP contribution in [-0.2, 0) is 14.3 Å². The molecule has 2 amide bonds. The minimum Gasteiger partial charge on any atom is -0.374 e. The summed E-state index contributed by atoms with van der Waals surface area (Å²) in [5.41, 5.74) is 0. The van der Waals surface area contributed by atoms with Gasteiger partial charge in [-0.2, -0.15) is 0 Å². The molecule has 0 aromatic rings. The van der Waals surface area contributed by atoms with E-state index >= 15 is 0 Å². The lowest BCUT2D eigenvalue weighted by atomic mass is 10.2. The molecule has 2 fully saturated rings. The number of likely N-dealkylation sites (tertiary alicyclic amines) is 1. The number of likely N-dealkylation sites (N-methyl/N-ethyl adjacent to an activating group) is 1. The second-order valence-electron chi connectivity index (χ2n) is 5.78. The van der Waals surface area contributed by atoms with Crippen molar-refractivity contribution >= 4 is 11.8 Å². The van der Waals surface area contributed by atoms with Crippen molar-refractivity contribution in [2.24, 2.45) is 0 Å². The minimum absolute atomic E-state index is 0.0149. The van der Waals surface area contributed by atoms with E-state index in [0.717, 1.165) is 26.1 Å². The molecule has 0 spiro atoms. The van der Waals surface area contributed by atoms with Crippen molar-refractivity contribution in [2.75, 3.05) is 33.3 Å². The summed E-state index contributed by atoms with van der Waals surface area (Å²) in [6.07, 6.45) is 1.15. The van der Waals surface area contributed by atoms with Gasteiger partial charge in [0.05, 0.1) is 25.2 Å². The van der Waals surface area contributed by atoms with E-state index in [1.807, 2.05) is 13.8 Å². The Morgan fingerprint density at radius 2 is 2.20 bits per heavy atom. The normalized spacial score (nSPS) is 30.1. The van der Waals surface area contributed by atoms with Crippen molar-refractivity contribution in [1.82, 2.24) is 15.1 Å². The minimum atomic E-state index is -0.382. The molecular weight excluding hydrogens is 258 g/mol. The molecule has 20 heavy (non-hydrogen) atoms. The van der Waals surface area contributed by atoms with Crippen molar-refractivity contribution in [3.63, 3.8) is 0 Å². The zero-order valence-corrected chi connectivity index (χ0v) is 12.6. The number of nitrogens with zero attached hydrogens (tertiary/aromatic N) is 2. The van der Waals surface area contributed by atoms with E-state index in [9.17, 15) is 9.59 Å². The van der Waals surface area contributed by atoms with Crippen LogP contribution in [0.1, 0.15) is 26.7 Å². The molecule has 2 heterocycles. The van der Waals surface area contributed by atoms with Gasteiger partial charge in [-0.05, 0) is 20.4 Å². The maximum atomic E-state index is 12.2.